The molecule has 7 heteroatoms. The predicted molar refractivity (Wildman–Crippen MR) is 105 cm³/mol. The molecule has 1 aromatic heterocycles. The number of aromatic nitrogens is 3. The minimum atomic E-state index is -0.380. The van der Waals surface area contributed by atoms with Gasteiger partial charge in [-0.1, -0.05) is 26.0 Å². The van der Waals surface area contributed by atoms with Crippen LogP contribution in [0.4, 0.5) is 23.1 Å². The van der Waals surface area contributed by atoms with Gasteiger partial charge in [-0.05, 0) is 47.9 Å². The lowest BCUT2D eigenvalue weighted by molar-refractivity contribution is 0.0601. The minimum Gasteiger partial charge on any atom is -0.465 e. The van der Waals surface area contributed by atoms with Crippen molar-refractivity contribution < 1.29 is 9.53 Å². The van der Waals surface area contributed by atoms with E-state index in [0.717, 1.165) is 11.4 Å². The van der Waals surface area contributed by atoms with E-state index in [4.69, 9.17) is 0 Å². The molecule has 0 saturated heterocycles. The molecular weight excluding hydrogens is 342 g/mol. The van der Waals surface area contributed by atoms with Crippen LogP contribution in [0.3, 0.4) is 0 Å². The van der Waals surface area contributed by atoms with Crippen LogP contribution in [0.1, 0.15) is 35.7 Å². The van der Waals surface area contributed by atoms with Gasteiger partial charge in [-0.3, -0.25) is 0 Å². The Hall–Kier alpha value is -3.48. The number of anilines is 4. The fourth-order valence-corrected chi connectivity index (χ4v) is 2.45. The summed E-state index contributed by atoms with van der Waals surface area (Å²) in [6.07, 6.45) is 1.56. The van der Waals surface area contributed by atoms with E-state index in [1.807, 2.05) is 12.1 Å². The number of hydrogen-bond donors (Lipinski definition) is 2. The van der Waals surface area contributed by atoms with Crippen molar-refractivity contribution in [2.75, 3.05) is 17.7 Å². The molecule has 0 fully saturated rings. The normalized spacial score (nSPS) is 10.5. The second-order valence-electron chi connectivity index (χ2n) is 6.26. The molecule has 0 unspecified atom stereocenters. The number of ether oxygens (including phenoxy) is 1. The number of hydrogen-bond acceptors (Lipinski definition) is 7. The highest BCUT2D eigenvalue weighted by atomic mass is 16.5. The van der Waals surface area contributed by atoms with Crippen LogP contribution in [-0.4, -0.2) is 28.3 Å². The second-order valence-corrected chi connectivity index (χ2v) is 6.26. The molecule has 27 heavy (non-hydrogen) atoms. The van der Waals surface area contributed by atoms with Crippen molar-refractivity contribution in [2.24, 2.45) is 0 Å². The fourth-order valence-electron chi connectivity index (χ4n) is 2.45. The molecule has 3 rings (SSSR count). The predicted octanol–water partition coefficient (Wildman–Crippen LogP) is 4.27. The fraction of sp³-hybridized carbons (Fsp3) is 0.200. The summed E-state index contributed by atoms with van der Waals surface area (Å²) < 4.78 is 4.68. The number of carbonyl (C=O) groups excluding carboxylic acids is 1. The molecule has 138 valence electrons. The third-order valence-corrected chi connectivity index (χ3v) is 3.97. The van der Waals surface area contributed by atoms with Gasteiger partial charge in [0.1, 0.15) is 0 Å². The monoisotopic (exact) mass is 363 g/mol. The van der Waals surface area contributed by atoms with Crippen LogP contribution >= 0.6 is 0 Å². The lowest BCUT2D eigenvalue weighted by Crippen LogP contribution is -2.03. The number of methoxy groups -OCH3 is 1. The Bertz CT molecular complexity index is 908. The SMILES string of the molecule is COC(=O)c1ccc(Nc2nncc(Nc3ccc(C(C)C)cc3)n2)cc1. The van der Waals surface area contributed by atoms with Gasteiger partial charge in [0.2, 0.25) is 5.95 Å². The first kappa shape index (κ1) is 18.3. The number of benzene rings is 2. The van der Waals surface area contributed by atoms with Gasteiger partial charge >= 0.3 is 5.97 Å². The molecule has 2 aromatic carbocycles. The quantitative estimate of drug-likeness (QED) is 0.632. The Morgan fingerprint density at radius 3 is 2.22 bits per heavy atom. The van der Waals surface area contributed by atoms with E-state index in [2.05, 4.69) is 56.5 Å². The summed E-state index contributed by atoms with van der Waals surface area (Å²) in [5.41, 5.74) is 3.41. The van der Waals surface area contributed by atoms with Crippen LogP contribution < -0.4 is 10.6 Å². The first-order valence-corrected chi connectivity index (χ1v) is 8.57. The van der Waals surface area contributed by atoms with Crippen molar-refractivity contribution in [1.29, 1.82) is 0 Å². The smallest absolute Gasteiger partial charge is 0.337 e. The molecule has 0 aliphatic heterocycles. The molecule has 2 N–H and O–H groups in total. The number of nitrogens with one attached hydrogen (secondary N) is 2. The summed E-state index contributed by atoms with van der Waals surface area (Å²) in [5, 5.41) is 14.2. The molecule has 1 heterocycles. The number of carbonyl (C=O) groups is 1. The Morgan fingerprint density at radius 1 is 0.963 bits per heavy atom. The van der Waals surface area contributed by atoms with Gasteiger partial charge < -0.3 is 15.4 Å². The van der Waals surface area contributed by atoms with Crippen molar-refractivity contribution in [3.8, 4) is 0 Å². The van der Waals surface area contributed by atoms with E-state index in [0.29, 0.717) is 23.2 Å². The molecule has 3 aromatic rings. The molecule has 0 saturated carbocycles. The highest BCUT2D eigenvalue weighted by molar-refractivity contribution is 5.89. The van der Waals surface area contributed by atoms with Gasteiger partial charge in [0, 0.05) is 11.4 Å². The zero-order chi connectivity index (χ0) is 19.2. The molecule has 0 aliphatic carbocycles. The highest BCUT2D eigenvalue weighted by Gasteiger charge is 2.06. The molecule has 0 amide bonds. The molecule has 0 atom stereocenters. The number of nitrogens with zero attached hydrogens (tertiary/aromatic N) is 3. The van der Waals surface area contributed by atoms with Crippen LogP contribution in [0.2, 0.25) is 0 Å². The van der Waals surface area contributed by atoms with Gasteiger partial charge in [-0.2, -0.15) is 10.1 Å². The molecule has 0 spiro atoms. The van der Waals surface area contributed by atoms with Gasteiger partial charge in [-0.15, -0.1) is 5.10 Å². The van der Waals surface area contributed by atoms with E-state index in [1.54, 1.807) is 30.5 Å². The lowest BCUT2D eigenvalue weighted by Gasteiger charge is -2.10. The maximum absolute atomic E-state index is 11.5. The molecule has 0 bridgehead atoms. The van der Waals surface area contributed by atoms with E-state index >= 15 is 0 Å². The standard InChI is InChI=1S/C20H21N5O2/c1-13(2)14-4-8-16(9-5-14)22-18-12-21-25-20(24-18)23-17-10-6-15(7-11-17)19(26)27-3/h4-13H,1-3H3,(H2,22,23,24,25). The van der Waals surface area contributed by atoms with E-state index in [-0.39, 0.29) is 5.97 Å². The summed E-state index contributed by atoms with van der Waals surface area (Å²) in [6, 6.07) is 15.0. The topological polar surface area (TPSA) is 89.0 Å². The van der Waals surface area contributed by atoms with E-state index in [9.17, 15) is 4.79 Å². The molecule has 7 nitrogen and oxygen atoms in total. The third kappa shape index (κ3) is 4.78. The first-order chi connectivity index (χ1) is 13.0. The van der Waals surface area contributed by atoms with Crippen LogP contribution in [-0.2, 0) is 4.74 Å². The zero-order valence-electron chi connectivity index (χ0n) is 15.4. The number of esters is 1. The Kier molecular flexibility index (Phi) is 5.61. The van der Waals surface area contributed by atoms with Crippen molar-refractivity contribution in [3.63, 3.8) is 0 Å². The maximum Gasteiger partial charge on any atom is 0.337 e. The summed E-state index contributed by atoms with van der Waals surface area (Å²) in [4.78, 5) is 15.9. The van der Waals surface area contributed by atoms with Crippen LogP contribution in [0.15, 0.2) is 54.7 Å². The average Bonchev–Trinajstić information content (AvgIpc) is 2.68. The second kappa shape index (κ2) is 8.27. The zero-order valence-corrected chi connectivity index (χ0v) is 15.4. The van der Waals surface area contributed by atoms with Crippen molar-refractivity contribution in [1.82, 2.24) is 15.2 Å². The van der Waals surface area contributed by atoms with E-state index < -0.39 is 0 Å². The lowest BCUT2D eigenvalue weighted by atomic mass is 10.0. The van der Waals surface area contributed by atoms with Gasteiger partial charge in [-0.25, -0.2) is 4.79 Å². The summed E-state index contributed by atoms with van der Waals surface area (Å²) in [5.74, 6) is 1.04. The van der Waals surface area contributed by atoms with Crippen LogP contribution in [0, 0.1) is 0 Å². The van der Waals surface area contributed by atoms with Crippen molar-refractivity contribution in [2.45, 2.75) is 19.8 Å². The molecular formula is C20H21N5O2. The average molecular weight is 363 g/mol. The molecule has 0 radical (unpaired) electrons. The van der Waals surface area contributed by atoms with E-state index in [1.165, 1.54) is 12.7 Å². The summed E-state index contributed by atoms with van der Waals surface area (Å²) >= 11 is 0. The summed E-state index contributed by atoms with van der Waals surface area (Å²) in [6.45, 7) is 4.32. The highest BCUT2D eigenvalue weighted by Crippen LogP contribution is 2.20. The Labute approximate surface area is 157 Å². The summed E-state index contributed by atoms with van der Waals surface area (Å²) in [7, 11) is 1.35. The minimum absolute atomic E-state index is 0.351. The maximum atomic E-state index is 11.5. The van der Waals surface area contributed by atoms with Crippen molar-refractivity contribution in [3.05, 3.63) is 65.9 Å². The Morgan fingerprint density at radius 2 is 1.59 bits per heavy atom. The van der Waals surface area contributed by atoms with Gasteiger partial charge in [0.15, 0.2) is 5.82 Å². The largest absolute Gasteiger partial charge is 0.465 e. The third-order valence-electron chi connectivity index (χ3n) is 3.97. The van der Waals surface area contributed by atoms with Gasteiger partial charge in [0.05, 0.1) is 18.9 Å². The Balaban J connectivity index is 1.69. The molecule has 0 aliphatic rings. The number of rotatable bonds is 6. The van der Waals surface area contributed by atoms with Crippen molar-refractivity contribution >= 4 is 29.1 Å². The van der Waals surface area contributed by atoms with Crippen LogP contribution in [0.5, 0.6) is 0 Å². The van der Waals surface area contributed by atoms with Gasteiger partial charge in [0.25, 0.3) is 0 Å². The first-order valence-electron chi connectivity index (χ1n) is 8.57. The van der Waals surface area contributed by atoms with Crippen LogP contribution in [0.25, 0.3) is 0 Å².